The number of carboxylic acid groups (broad SMARTS) is 1. The predicted molar refractivity (Wildman–Crippen MR) is 77.9 cm³/mol. The first-order valence-corrected chi connectivity index (χ1v) is 6.81. The summed E-state index contributed by atoms with van der Waals surface area (Å²) in [6, 6.07) is 7.27. The van der Waals surface area contributed by atoms with Gasteiger partial charge in [0, 0.05) is 37.5 Å². The molecule has 0 saturated carbocycles. The summed E-state index contributed by atoms with van der Waals surface area (Å²) in [5.74, 6) is -0.852. The average molecular weight is 309 g/mol. The molecule has 2 aromatic rings. The molecule has 1 heterocycles. The summed E-state index contributed by atoms with van der Waals surface area (Å²) in [5, 5.41) is 15.5. The van der Waals surface area contributed by atoms with E-state index in [1.54, 1.807) is 19.3 Å². The summed E-state index contributed by atoms with van der Waals surface area (Å²) in [6.07, 6.45) is -0.565. The lowest BCUT2D eigenvalue weighted by molar-refractivity contribution is -0.136. The maximum absolute atomic E-state index is 12.8. The van der Waals surface area contributed by atoms with Crippen LogP contribution in [-0.2, 0) is 24.8 Å². The fourth-order valence-corrected chi connectivity index (χ4v) is 2.16. The Morgan fingerprint density at radius 3 is 2.91 bits per heavy atom. The number of alkyl halides is 2. The molecule has 0 radical (unpaired) electrons. The molecule has 0 aliphatic rings. The van der Waals surface area contributed by atoms with Crippen LogP contribution in [0.25, 0.3) is 0 Å². The molecule has 0 aliphatic carbocycles. The highest BCUT2D eigenvalue weighted by atomic mass is 19.3. The van der Waals surface area contributed by atoms with E-state index >= 15 is 0 Å². The topological polar surface area (TPSA) is 67.2 Å². The zero-order valence-corrected chi connectivity index (χ0v) is 12.1. The molecule has 0 fully saturated rings. The number of aromatic nitrogens is 2. The van der Waals surface area contributed by atoms with Crippen molar-refractivity contribution in [1.82, 2.24) is 9.78 Å². The third kappa shape index (κ3) is 4.28. The molecule has 118 valence electrons. The Kier molecular flexibility index (Phi) is 5.08. The largest absolute Gasteiger partial charge is 0.481 e. The summed E-state index contributed by atoms with van der Waals surface area (Å²) in [7, 11) is 1.60. The van der Waals surface area contributed by atoms with Crippen LogP contribution in [0.1, 0.15) is 29.7 Å². The molecule has 5 nitrogen and oxygen atoms in total. The number of nitrogens with one attached hydrogen (secondary N) is 1. The molecule has 22 heavy (non-hydrogen) atoms. The Balaban J connectivity index is 2.02. The first kappa shape index (κ1) is 15.9. The van der Waals surface area contributed by atoms with Crippen LogP contribution in [0.15, 0.2) is 30.5 Å². The fraction of sp³-hybridized carbons (Fsp3) is 0.333. The summed E-state index contributed by atoms with van der Waals surface area (Å²) in [5.41, 5.74) is 1.85. The number of halogens is 2. The molecule has 1 aromatic carbocycles. The lowest BCUT2D eigenvalue weighted by Crippen LogP contribution is -2.03. The Hall–Kier alpha value is -2.44. The number of hydrogen-bond donors (Lipinski definition) is 2. The summed E-state index contributed by atoms with van der Waals surface area (Å²) in [4.78, 5) is 10.6. The highest BCUT2D eigenvalue weighted by molar-refractivity contribution is 5.67. The van der Waals surface area contributed by atoms with Crippen LogP contribution in [0.5, 0.6) is 0 Å². The second-order valence-electron chi connectivity index (χ2n) is 4.96. The zero-order chi connectivity index (χ0) is 16.1. The van der Waals surface area contributed by atoms with Crippen LogP contribution in [0.3, 0.4) is 0 Å². The second-order valence-corrected chi connectivity index (χ2v) is 4.96. The summed E-state index contributed by atoms with van der Waals surface area (Å²) in [6.45, 7) is 0.232. The van der Waals surface area contributed by atoms with Gasteiger partial charge in [0.05, 0.1) is 0 Å². The molecule has 7 heteroatoms. The van der Waals surface area contributed by atoms with E-state index in [9.17, 15) is 13.6 Å². The molecule has 0 atom stereocenters. The molecule has 2 N–H and O–H groups in total. The van der Waals surface area contributed by atoms with Gasteiger partial charge in [0.1, 0.15) is 5.69 Å². The van der Waals surface area contributed by atoms with Gasteiger partial charge in [-0.3, -0.25) is 9.48 Å². The normalized spacial score (nSPS) is 10.9. The maximum Gasteiger partial charge on any atom is 0.303 e. The van der Waals surface area contributed by atoms with Gasteiger partial charge in [-0.15, -0.1) is 0 Å². The molecule has 2 rings (SSSR count). The number of benzene rings is 1. The Morgan fingerprint density at radius 1 is 1.45 bits per heavy atom. The minimum Gasteiger partial charge on any atom is -0.481 e. The van der Waals surface area contributed by atoms with Crippen molar-refractivity contribution in [2.24, 2.45) is 7.05 Å². The molecule has 0 saturated heterocycles. The van der Waals surface area contributed by atoms with Crippen molar-refractivity contribution < 1.29 is 18.7 Å². The van der Waals surface area contributed by atoms with Crippen LogP contribution in [0.4, 0.5) is 14.5 Å². The van der Waals surface area contributed by atoms with Gasteiger partial charge in [-0.05, 0) is 24.1 Å². The first-order valence-electron chi connectivity index (χ1n) is 6.81. The molecule has 0 unspecified atom stereocenters. The molecule has 0 bridgehead atoms. The predicted octanol–water partition coefficient (Wildman–Crippen LogP) is 2.99. The van der Waals surface area contributed by atoms with Crippen molar-refractivity contribution >= 4 is 11.7 Å². The number of aliphatic carboxylic acids is 1. The second kappa shape index (κ2) is 7.02. The van der Waals surface area contributed by atoms with E-state index in [2.05, 4.69) is 10.4 Å². The molecule has 0 aliphatic heterocycles. The van der Waals surface area contributed by atoms with Crippen LogP contribution in [-0.4, -0.2) is 20.9 Å². The van der Waals surface area contributed by atoms with E-state index in [0.717, 1.165) is 11.3 Å². The Labute approximate surface area is 126 Å². The van der Waals surface area contributed by atoms with Crippen molar-refractivity contribution in [3.05, 3.63) is 47.3 Å². The minimum absolute atomic E-state index is 0.0571. The van der Waals surface area contributed by atoms with Gasteiger partial charge in [0.15, 0.2) is 0 Å². The van der Waals surface area contributed by atoms with Crippen molar-refractivity contribution in [3.63, 3.8) is 0 Å². The molecule has 1 aromatic heterocycles. The number of anilines is 1. The van der Waals surface area contributed by atoms with Crippen LogP contribution in [0.2, 0.25) is 0 Å². The average Bonchev–Trinajstić information content (AvgIpc) is 2.85. The van der Waals surface area contributed by atoms with Crippen LogP contribution >= 0.6 is 0 Å². The highest BCUT2D eigenvalue weighted by Gasteiger charge is 2.17. The molecular weight excluding hydrogens is 292 g/mol. The summed E-state index contributed by atoms with van der Waals surface area (Å²) < 4.78 is 27.1. The van der Waals surface area contributed by atoms with Crippen LogP contribution < -0.4 is 5.32 Å². The third-order valence-corrected chi connectivity index (χ3v) is 3.18. The van der Waals surface area contributed by atoms with Crippen molar-refractivity contribution in [2.75, 3.05) is 5.32 Å². The van der Waals surface area contributed by atoms with E-state index in [1.807, 2.05) is 18.2 Å². The van der Waals surface area contributed by atoms with E-state index in [0.29, 0.717) is 12.0 Å². The number of hydrogen-bond acceptors (Lipinski definition) is 3. The van der Waals surface area contributed by atoms with Crippen molar-refractivity contribution in [3.8, 4) is 0 Å². The smallest absolute Gasteiger partial charge is 0.303 e. The quantitative estimate of drug-likeness (QED) is 0.825. The van der Waals surface area contributed by atoms with Gasteiger partial charge in [-0.2, -0.15) is 5.10 Å². The summed E-state index contributed by atoms with van der Waals surface area (Å²) >= 11 is 0. The van der Waals surface area contributed by atoms with Crippen molar-refractivity contribution in [1.29, 1.82) is 0 Å². The molecule has 0 spiro atoms. The van der Waals surface area contributed by atoms with E-state index in [-0.39, 0.29) is 18.7 Å². The lowest BCUT2D eigenvalue weighted by Gasteiger charge is -2.08. The number of carboxylic acids is 1. The van der Waals surface area contributed by atoms with E-state index in [1.165, 1.54) is 4.68 Å². The fourth-order valence-electron chi connectivity index (χ4n) is 2.16. The van der Waals surface area contributed by atoms with Gasteiger partial charge >= 0.3 is 5.97 Å². The lowest BCUT2D eigenvalue weighted by atomic mass is 10.1. The molecular formula is C15H17F2N3O2. The minimum atomic E-state index is -2.61. The third-order valence-electron chi connectivity index (χ3n) is 3.18. The highest BCUT2D eigenvalue weighted by Crippen LogP contribution is 2.22. The first-order chi connectivity index (χ1) is 10.5. The monoisotopic (exact) mass is 309 g/mol. The van der Waals surface area contributed by atoms with E-state index < -0.39 is 12.4 Å². The number of aryl methyl sites for hydroxylation is 2. The number of rotatable bonds is 7. The van der Waals surface area contributed by atoms with Gasteiger partial charge in [0.25, 0.3) is 6.43 Å². The molecule has 0 amide bonds. The Bertz CT molecular complexity index is 656. The van der Waals surface area contributed by atoms with Gasteiger partial charge in [0.2, 0.25) is 0 Å². The zero-order valence-electron chi connectivity index (χ0n) is 12.1. The maximum atomic E-state index is 12.8. The SMILES string of the molecule is Cn1cc(CNc2cccc(CCC(=O)O)c2)c(C(F)F)n1. The standard InChI is InChI=1S/C15H17F2N3O2/c1-20-9-11(14(19-20)15(16)17)8-18-12-4-2-3-10(7-12)5-6-13(21)22/h2-4,7,9,15,18H,5-6,8H2,1H3,(H,21,22). The van der Waals surface area contributed by atoms with E-state index in [4.69, 9.17) is 5.11 Å². The van der Waals surface area contributed by atoms with Gasteiger partial charge in [-0.1, -0.05) is 12.1 Å². The van der Waals surface area contributed by atoms with Gasteiger partial charge < -0.3 is 10.4 Å². The number of nitrogens with zero attached hydrogens (tertiary/aromatic N) is 2. The number of carbonyl (C=O) groups is 1. The Morgan fingerprint density at radius 2 is 2.23 bits per heavy atom. The van der Waals surface area contributed by atoms with Crippen molar-refractivity contribution in [2.45, 2.75) is 25.8 Å². The van der Waals surface area contributed by atoms with Gasteiger partial charge in [-0.25, -0.2) is 8.78 Å². The van der Waals surface area contributed by atoms with Crippen LogP contribution in [0, 0.1) is 0 Å².